The van der Waals surface area contributed by atoms with Crippen molar-refractivity contribution in [1.29, 1.82) is 0 Å². The van der Waals surface area contributed by atoms with Crippen LogP contribution in [0.4, 0.5) is 13.2 Å². The van der Waals surface area contributed by atoms with E-state index in [9.17, 15) is 13.2 Å². The van der Waals surface area contributed by atoms with Crippen molar-refractivity contribution >= 4 is 18.3 Å². The lowest BCUT2D eigenvalue weighted by atomic mass is 10.1. The fraction of sp³-hybridized carbons (Fsp3) is 0.188. The van der Waals surface area contributed by atoms with Gasteiger partial charge in [0.25, 0.3) is 0 Å². The van der Waals surface area contributed by atoms with Gasteiger partial charge in [-0.25, -0.2) is 0 Å². The molecular formula is C16H14F3NOS. The molecule has 0 aromatic heterocycles. The van der Waals surface area contributed by atoms with Crippen molar-refractivity contribution in [3.05, 3.63) is 65.2 Å². The van der Waals surface area contributed by atoms with Crippen LogP contribution in [0.3, 0.4) is 0 Å². The molecule has 6 heteroatoms. The number of thiol groups is 1. The molecule has 0 bridgehead atoms. The van der Waals surface area contributed by atoms with Gasteiger partial charge in [0.05, 0.1) is 11.3 Å². The van der Waals surface area contributed by atoms with Gasteiger partial charge in [0.15, 0.2) is 0 Å². The first-order valence-corrected chi connectivity index (χ1v) is 6.93. The van der Waals surface area contributed by atoms with Crippen molar-refractivity contribution in [3.63, 3.8) is 0 Å². The molecule has 0 heterocycles. The average Bonchev–Trinajstić information content (AvgIpc) is 2.48. The molecule has 0 aliphatic rings. The van der Waals surface area contributed by atoms with Gasteiger partial charge in [-0.3, -0.25) is 0 Å². The molecular weight excluding hydrogens is 311 g/mol. The van der Waals surface area contributed by atoms with Crippen molar-refractivity contribution in [2.75, 3.05) is 0 Å². The monoisotopic (exact) mass is 325 g/mol. The second-order valence-electron chi connectivity index (χ2n) is 4.66. The molecule has 0 amide bonds. The number of halogens is 3. The molecule has 0 aliphatic heterocycles. The third-order valence-corrected chi connectivity index (χ3v) is 3.46. The quantitative estimate of drug-likeness (QED) is 0.480. The second kappa shape index (κ2) is 6.87. The van der Waals surface area contributed by atoms with E-state index >= 15 is 0 Å². The number of hydrogen-bond acceptors (Lipinski definition) is 3. The van der Waals surface area contributed by atoms with Gasteiger partial charge in [-0.15, -0.1) is 12.6 Å². The van der Waals surface area contributed by atoms with Gasteiger partial charge in [0.2, 0.25) is 0 Å². The maximum atomic E-state index is 12.7. The summed E-state index contributed by atoms with van der Waals surface area (Å²) in [6, 6.07) is 12.3. The molecule has 0 saturated carbocycles. The molecule has 0 fully saturated rings. The van der Waals surface area contributed by atoms with Gasteiger partial charge < -0.3 is 4.84 Å². The van der Waals surface area contributed by atoms with Gasteiger partial charge in [-0.05, 0) is 30.7 Å². The van der Waals surface area contributed by atoms with E-state index in [2.05, 4.69) is 17.8 Å². The average molecular weight is 325 g/mol. The summed E-state index contributed by atoms with van der Waals surface area (Å²) in [6.07, 6.45) is -4.37. The highest BCUT2D eigenvalue weighted by molar-refractivity contribution is 7.80. The van der Waals surface area contributed by atoms with Crippen LogP contribution in [-0.2, 0) is 17.6 Å². The fourth-order valence-electron chi connectivity index (χ4n) is 1.80. The van der Waals surface area contributed by atoms with Crippen LogP contribution in [0.15, 0.2) is 58.6 Å². The maximum Gasteiger partial charge on any atom is 0.416 e. The molecule has 116 valence electrons. The molecule has 0 aliphatic carbocycles. The highest BCUT2D eigenvalue weighted by Gasteiger charge is 2.30. The number of benzene rings is 2. The Morgan fingerprint density at radius 3 is 2.55 bits per heavy atom. The zero-order chi connectivity index (χ0) is 16.2. The van der Waals surface area contributed by atoms with E-state index in [-0.39, 0.29) is 6.61 Å². The Labute approximate surface area is 132 Å². The Morgan fingerprint density at radius 1 is 1.14 bits per heavy atom. The lowest BCUT2D eigenvalue weighted by Crippen LogP contribution is -2.06. The zero-order valence-electron chi connectivity index (χ0n) is 11.8. The maximum absolute atomic E-state index is 12.7. The molecule has 2 nitrogen and oxygen atoms in total. The van der Waals surface area contributed by atoms with E-state index in [1.807, 2.05) is 24.3 Å². The summed E-state index contributed by atoms with van der Waals surface area (Å²) in [5.41, 5.74) is 0.892. The normalized spacial score (nSPS) is 12.3. The Hall–Kier alpha value is -1.95. The lowest BCUT2D eigenvalue weighted by Gasteiger charge is -2.08. The Kier molecular flexibility index (Phi) is 5.13. The second-order valence-corrected chi connectivity index (χ2v) is 5.14. The molecule has 22 heavy (non-hydrogen) atoms. The highest BCUT2D eigenvalue weighted by Crippen LogP contribution is 2.29. The highest BCUT2D eigenvalue weighted by atomic mass is 32.1. The summed E-state index contributed by atoms with van der Waals surface area (Å²) in [6.45, 7) is 1.80. The molecule has 0 radical (unpaired) electrons. The third kappa shape index (κ3) is 4.27. The van der Waals surface area contributed by atoms with Crippen LogP contribution in [0.25, 0.3) is 0 Å². The van der Waals surface area contributed by atoms with Crippen LogP contribution >= 0.6 is 12.6 Å². The van der Waals surface area contributed by atoms with Crippen molar-refractivity contribution in [2.45, 2.75) is 24.6 Å². The molecule has 2 aromatic carbocycles. The first-order valence-electron chi connectivity index (χ1n) is 6.49. The summed E-state index contributed by atoms with van der Waals surface area (Å²) in [5.74, 6) is 0. The van der Waals surface area contributed by atoms with Crippen LogP contribution in [0, 0.1) is 0 Å². The molecule has 2 aromatic rings. The smallest absolute Gasteiger partial charge is 0.391 e. The summed E-state index contributed by atoms with van der Waals surface area (Å²) in [4.78, 5) is 5.97. The molecule has 0 unspecified atom stereocenters. The SMILES string of the molecule is C/C(=N/OCc1ccccc1S)c1cccc(C(F)(F)F)c1. The van der Waals surface area contributed by atoms with E-state index in [0.29, 0.717) is 11.3 Å². The van der Waals surface area contributed by atoms with Gasteiger partial charge in [0, 0.05) is 10.5 Å². The Morgan fingerprint density at radius 2 is 1.86 bits per heavy atom. The van der Waals surface area contributed by atoms with Crippen molar-refractivity contribution in [1.82, 2.24) is 0 Å². The number of hydrogen-bond donors (Lipinski definition) is 1. The predicted octanol–water partition coefficient (Wildman–Crippen LogP) is 4.93. The largest absolute Gasteiger partial charge is 0.416 e. The predicted molar refractivity (Wildman–Crippen MR) is 82.1 cm³/mol. The van der Waals surface area contributed by atoms with Gasteiger partial charge in [0.1, 0.15) is 6.61 Å². The van der Waals surface area contributed by atoms with E-state index in [4.69, 9.17) is 4.84 Å². The van der Waals surface area contributed by atoms with Crippen molar-refractivity contribution < 1.29 is 18.0 Å². The lowest BCUT2D eigenvalue weighted by molar-refractivity contribution is -0.137. The van der Waals surface area contributed by atoms with E-state index in [1.165, 1.54) is 6.07 Å². The summed E-state index contributed by atoms with van der Waals surface area (Å²) in [7, 11) is 0. The fourth-order valence-corrected chi connectivity index (χ4v) is 2.03. The van der Waals surface area contributed by atoms with Crippen molar-refractivity contribution in [2.24, 2.45) is 5.16 Å². The molecule has 0 N–H and O–H groups in total. The zero-order valence-corrected chi connectivity index (χ0v) is 12.7. The summed E-state index contributed by atoms with van der Waals surface area (Å²) in [5, 5.41) is 3.87. The van der Waals surface area contributed by atoms with Crippen LogP contribution in [0.1, 0.15) is 23.6 Å². The molecule has 0 saturated heterocycles. The van der Waals surface area contributed by atoms with Gasteiger partial charge >= 0.3 is 6.18 Å². The van der Waals surface area contributed by atoms with Crippen LogP contribution < -0.4 is 0 Å². The summed E-state index contributed by atoms with van der Waals surface area (Å²) >= 11 is 4.28. The number of oxime groups is 1. The topological polar surface area (TPSA) is 21.6 Å². The van der Waals surface area contributed by atoms with Crippen LogP contribution in [0.2, 0.25) is 0 Å². The first-order chi connectivity index (χ1) is 10.4. The standard InChI is InChI=1S/C16H14F3NOS/c1-11(12-6-4-7-14(9-12)16(17,18)19)20-21-10-13-5-2-3-8-15(13)22/h2-9,22H,10H2,1H3/b20-11-. The van der Waals surface area contributed by atoms with Crippen LogP contribution in [-0.4, -0.2) is 5.71 Å². The summed E-state index contributed by atoms with van der Waals surface area (Å²) < 4.78 is 38.0. The minimum Gasteiger partial charge on any atom is -0.391 e. The van der Waals surface area contributed by atoms with Crippen molar-refractivity contribution in [3.8, 4) is 0 Å². The number of rotatable bonds is 4. The minimum atomic E-state index is -4.37. The molecule has 2 rings (SSSR count). The van der Waals surface area contributed by atoms with Gasteiger partial charge in [-0.1, -0.05) is 35.5 Å². The Bertz CT molecular complexity index is 683. The first kappa shape index (κ1) is 16.4. The molecule has 0 spiro atoms. The van der Waals surface area contributed by atoms with Gasteiger partial charge in [-0.2, -0.15) is 13.2 Å². The van der Waals surface area contributed by atoms with E-state index in [0.717, 1.165) is 22.6 Å². The Balaban J connectivity index is 2.08. The van der Waals surface area contributed by atoms with E-state index < -0.39 is 11.7 Å². The third-order valence-electron chi connectivity index (χ3n) is 3.02. The van der Waals surface area contributed by atoms with Crippen LogP contribution in [0.5, 0.6) is 0 Å². The van der Waals surface area contributed by atoms with E-state index in [1.54, 1.807) is 13.0 Å². The number of nitrogens with zero attached hydrogens (tertiary/aromatic N) is 1. The molecule has 0 atom stereocenters. The number of alkyl halides is 3. The minimum absolute atomic E-state index is 0.204.